The summed E-state index contributed by atoms with van der Waals surface area (Å²) in [5, 5.41) is 13.0. The summed E-state index contributed by atoms with van der Waals surface area (Å²) in [4.78, 5) is 31.7. The van der Waals surface area contributed by atoms with Crippen LogP contribution in [0.15, 0.2) is 42.6 Å². The van der Waals surface area contributed by atoms with E-state index in [2.05, 4.69) is 37.0 Å². The molecule has 3 aliphatic rings. The lowest BCUT2D eigenvalue weighted by molar-refractivity contribution is -0.137. The average Bonchev–Trinajstić information content (AvgIpc) is 3.04. The standard InChI is InChI=1S/C35H42F2N8O5/c1-22-18-43(25-19-48-20-25)14-15-45(22)27-7-9-30(41-31(27)47-5)42-32-39-12-10-26(40-32)23-6-8-28(24(16-23)17-38)49-29-11-13-44(21-35(29,36)37)33(46)50-34(2,3)4/h6-10,12,16,22,25,29H,11,13-15,18-21H2,1-5H3,(H,39,40,41,42). The number of aromatic nitrogens is 3. The number of rotatable bonds is 8. The number of halogens is 2. The van der Waals surface area contributed by atoms with Crippen molar-refractivity contribution in [1.29, 1.82) is 5.26 Å². The van der Waals surface area contributed by atoms with Crippen LogP contribution in [-0.4, -0.2) is 114 Å². The minimum Gasteiger partial charge on any atom is -0.483 e. The van der Waals surface area contributed by atoms with Crippen molar-refractivity contribution < 1.29 is 32.5 Å². The van der Waals surface area contributed by atoms with Gasteiger partial charge in [0, 0.05) is 50.4 Å². The van der Waals surface area contributed by atoms with E-state index in [1.807, 2.05) is 18.2 Å². The second-order valence-corrected chi connectivity index (χ2v) is 13.7. The summed E-state index contributed by atoms with van der Waals surface area (Å²) in [6.07, 6.45) is -0.895. The fraction of sp³-hybridized carbons (Fsp3) is 0.514. The summed E-state index contributed by atoms with van der Waals surface area (Å²) < 4.78 is 52.3. The molecule has 3 aromatic rings. The lowest BCUT2D eigenvalue weighted by Crippen LogP contribution is -2.59. The Bertz CT molecular complexity index is 1740. The molecule has 6 rings (SSSR count). The Morgan fingerprint density at radius 3 is 2.58 bits per heavy atom. The number of carbonyl (C=O) groups is 1. The van der Waals surface area contributed by atoms with Gasteiger partial charge in [-0.3, -0.25) is 4.90 Å². The Kier molecular flexibility index (Phi) is 9.95. The summed E-state index contributed by atoms with van der Waals surface area (Å²) in [6.45, 7) is 10.7. The van der Waals surface area contributed by atoms with Crippen LogP contribution >= 0.6 is 0 Å². The largest absolute Gasteiger partial charge is 0.483 e. The monoisotopic (exact) mass is 692 g/mol. The van der Waals surface area contributed by atoms with Crippen LogP contribution < -0.4 is 19.7 Å². The molecule has 5 heterocycles. The predicted octanol–water partition coefficient (Wildman–Crippen LogP) is 5.10. The van der Waals surface area contributed by atoms with Gasteiger partial charge in [0.2, 0.25) is 11.8 Å². The highest BCUT2D eigenvalue weighted by atomic mass is 19.3. The molecule has 15 heteroatoms. The lowest BCUT2D eigenvalue weighted by Gasteiger charge is -2.46. The van der Waals surface area contributed by atoms with E-state index >= 15 is 8.78 Å². The quantitative estimate of drug-likeness (QED) is 0.336. The van der Waals surface area contributed by atoms with Crippen LogP contribution in [0, 0.1) is 11.3 Å². The average molecular weight is 693 g/mol. The van der Waals surface area contributed by atoms with E-state index in [1.54, 1.807) is 46.2 Å². The van der Waals surface area contributed by atoms with Crippen LogP contribution in [0.2, 0.25) is 0 Å². The number of piperidine rings is 1. The van der Waals surface area contributed by atoms with Crippen molar-refractivity contribution in [1.82, 2.24) is 24.8 Å². The molecule has 0 aliphatic carbocycles. The molecule has 3 aliphatic heterocycles. The number of amides is 1. The van der Waals surface area contributed by atoms with Crippen molar-refractivity contribution in [2.24, 2.45) is 0 Å². The van der Waals surface area contributed by atoms with E-state index in [0.29, 0.717) is 29.0 Å². The van der Waals surface area contributed by atoms with Crippen molar-refractivity contribution >= 4 is 23.5 Å². The van der Waals surface area contributed by atoms with Gasteiger partial charge in [0.25, 0.3) is 0 Å². The van der Waals surface area contributed by atoms with Gasteiger partial charge in [-0.15, -0.1) is 0 Å². The molecule has 50 heavy (non-hydrogen) atoms. The van der Waals surface area contributed by atoms with Crippen molar-refractivity contribution in [2.45, 2.75) is 63.8 Å². The van der Waals surface area contributed by atoms with Gasteiger partial charge in [-0.05, 0) is 64.1 Å². The maximum absolute atomic E-state index is 15.1. The second kappa shape index (κ2) is 14.2. The topological polar surface area (TPSA) is 138 Å². The third kappa shape index (κ3) is 7.81. The highest BCUT2D eigenvalue weighted by Gasteiger charge is 2.48. The van der Waals surface area contributed by atoms with Crippen LogP contribution in [-0.2, 0) is 9.47 Å². The summed E-state index contributed by atoms with van der Waals surface area (Å²) in [7, 11) is 1.59. The van der Waals surface area contributed by atoms with Gasteiger partial charge in [0.15, 0.2) is 6.10 Å². The molecule has 3 saturated heterocycles. The van der Waals surface area contributed by atoms with Gasteiger partial charge >= 0.3 is 12.0 Å². The zero-order valence-corrected chi connectivity index (χ0v) is 28.9. The molecular formula is C35H42F2N8O5. The van der Waals surface area contributed by atoms with Crippen LogP contribution in [0.5, 0.6) is 11.6 Å². The predicted molar refractivity (Wildman–Crippen MR) is 181 cm³/mol. The summed E-state index contributed by atoms with van der Waals surface area (Å²) in [5.41, 5.74) is 1.23. The number of methoxy groups -OCH3 is 1. The molecule has 0 bridgehead atoms. The van der Waals surface area contributed by atoms with E-state index < -0.39 is 30.3 Å². The van der Waals surface area contributed by atoms with E-state index in [0.717, 1.165) is 43.4 Å². The second-order valence-electron chi connectivity index (χ2n) is 13.7. The molecule has 3 fully saturated rings. The maximum atomic E-state index is 15.1. The molecule has 0 saturated carbocycles. The fourth-order valence-corrected chi connectivity index (χ4v) is 6.25. The minimum atomic E-state index is -3.36. The van der Waals surface area contributed by atoms with Crippen molar-refractivity contribution in [3.8, 4) is 29.0 Å². The SMILES string of the molecule is COc1nc(Nc2nccc(-c3ccc(OC4CCN(C(=O)OC(C)(C)C)CC4(F)F)c(C#N)c3)n2)ccc1N1CCN(C2COC2)CC1C. The Morgan fingerprint density at radius 2 is 1.92 bits per heavy atom. The van der Waals surface area contributed by atoms with E-state index in [-0.39, 0.29) is 36.3 Å². The number of carbonyl (C=O) groups excluding carboxylic acids is 1. The molecule has 1 N–H and O–H groups in total. The fourth-order valence-electron chi connectivity index (χ4n) is 6.25. The molecule has 2 unspecified atom stereocenters. The molecule has 266 valence electrons. The number of likely N-dealkylation sites (tertiary alicyclic amines) is 1. The first kappa shape index (κ1) is 35.0. The van der Waals surface area contributed by atoms with E-state index in [9.17, 15) is 10.1 Å². The molecule has 13 nitrogen and oxygen atoms in total. The van der Waals surface area contributed by atoms with E-state index in [1.165, 1.54) is 12.1 Å². The number of hydrogen-bond acceptors (Lipinski definition) is 12. The van der Waals surface area contributed by atoms with Gasteiger partial charge in [0.05, 0.1) is 44.2 Å². The van der Waals surface area contributed by atoms with Crippen molar-refractivity contribution in [2.75, 3.05) is 63.3 Å². The van der Waals surface area contributed by atoms with Gasteiger partial charge in [0.1, 0.15) is 28.9 Å². The Labute approximate surface area is 290 Å². The third-order valence-electron chi connectivity index (χ3n) is 8.88. The zero-order chi connectivity index (χ0) is 35.6. The smallest absolute Gasteiger partial charge is 0.410 e. The number of anilines is 3. The minimum absolute atomic E-state index is 0.0169. The van der Waals surface area contributed by atoms with Crippen LogP contribution in [0.3, 0.4) is 0 Å². The third-order valence-corrected chi connectivity index (χ3v) is 8.88. The number of nitrogens with zero attached hydrogens (tertiary/aromatic N) is 7. The summed E-state index contributed by atoms with van der Waals surface area (Å²) in [5.74, 6) is -2.11. The lowest BCUT2D eigenvalue weighted by atomic mass is 10.0. The molecular weight excluding hydrogens is 650 g/mol. The van der Waals surface area contributed by atoms with Gasteiger partial charge in [-0.2, -0.15) is 10.2 Å². The van der Waals surface area contributed by atoms with Crippen LogP contribution in [0.4, 0.5) is 31.0 Å². The van der Waals surface area contributed by atoms with Crippen LogP contribution in [0.1, 0.15) is 39.7 Å². The van der Waals surface area contributed by atoms with Gasteiger partial charge in [-0.1, -0.05) is 0 Å². The maximum Gasteiger partial charge on any atom is 0.410 e. The number of nitrogens with one attached hydrogen (secondary N) is 1. The molecule has 0 radical (unpaired) electrons. The normalized spacial score (nSPS) is 21.2. The van der Waals surface area contributed by atoms with Gasteiger partial charge in [-0.25, -0.2) is 23.5 Å². The molecule has 0 spiro atoms. The van der Waals surface area contributed by atoms with Crippen molar-refractivity contribution in [3.05, 3.63) is 48.2 Å². The zero-order valence-electron chi connectivity index (χ0n) is 28.9. The Hall–Kier alpha value is -4.81. The number of benzene rings is 1. The summed E-state index contributed by atoms with van der Waals surface area (Å²) >= 11 is 0. The van der Waals surface area contributed by atoms with E-state index in [4.69, 9.17) is 18.9 Å². The number of pyridine rings is 1. The number of ether oxygens (including phenoxy) is 4. The van der Waals surface area contributed by atoms with Gasteiger partial charge < -0.3 is 34.1 Å². The molecule has 2 atom stereocenters. The molecule has 1 amide bonds. The first-order chi connectivity index (χ1) is 23.8. The van der Waals surface area contributed by atoms with Crippen molar-refractivity contribution in [3.63, 3.8) is 0 Å². The number of piperazine rings is 1. The molecule has 2 aromatic heterocycles. The first-order valence-electron chi connectivity index (χ1n) is 16.6. The molecule has 1 aromatic carbocycles. The highest BCUT2D eigenvalue weighted by molar-refractivity contribution is 5.69. The summed E-state index contributed by atoms with van der Waals surface area (Å²) in [6, 6.07) is 13.0. The Morgan fingerprint density at radius 1 is 1.12 bits per heavy atom. The number of alkyl halides is 2. The highest BCUT2D eigenvalue weighted by Crippen LogP contribution is 2.35. The Balaban J connectivity index is 1.12. The van der Waals surface area contributed by atoms with Crippen LogP contribution in [0.25, 0.3) is 11.3 Å². The first-order valence-corrected chi connectivity index (χ1v) is 16.6. The number of nitriles is 1. The number of hydrogen-bond donors (Lipinski definition) is 1.